The summed E-state index contributed by atoms with van der Waals surface area (Å²) < 4.78 is 27.5. The molecule has 1 saturated carbocycles. The van der Waals surface area contributed by atoms with Gasteiger partial charge in [0.15, 0.2) is 0 Å². The Morgan fingerprint density at radius 1 is 1.31 bits per heavy atom. The molecule has 0 saturated heterocycles. The molecule has 1 heterocycles. The Kier molecular flexibility index (Phi) is 7.05. The number of nitrogens with zero attached hydrogens (tertiary/aromatic N) is 2. The van der Waals surface area contributed by atoms with Crippen LogP contribution in [0.3, 0.4) is 0 Å². The smallest absolute Gasteiger partial charge is 0.304 e. The lowest BCUT2D eigenvalue weighted by Crippen LogP contribution is -2.05. The van der Waals surface area contributed by atoms with E-state index < -0.39 is 11.8 Å². The highest BCUT2D eigenvalue weighted by Gasteiger charge is 2.28. The Morgan fingerprint density at radius 3 is 2.84 bits per heavy atom. The molecular weight excluding hydrogens is 499 g/mol. The van der Waals surface area contributed by atoms with E-state index in [0.717, 1.165) is 24.0 Å². The molecule has 1 aromatic heterocycles. The van der Waals surface area contributed by atoms with Crippen LogP contribution < -0.4 is 9.47 Å². The van der Waals surface area contributed by atoms with Crippen LogP contribution in [-0.4, -0.2) is 33.2 Å². The number of carboxylic acid groups (broad SMARTS) is 1. The van der Waals surface area contributed by atoms with Gasteiger partial charge in [0.05, 0.1) is 19.7 Å². The molecule has 4 rings (SSSR count). The molecule has 0 radical (unpaired) electrons. The van der Waals surface area contributed by atoms with E-state index >= 15 is 0 Å². The van der Waals surface area contributed by atoms with Crippen molar-refractivity contribution in [2.75, 3.05) is 7.11 Å². The number of thioether (sulfide) groups is 1. The summed E-state index contributed by atoms with van der Waals surface area (Å²) in [7, 11) is 1.52. The summed E-state index contributed by atoms with van der Waals surface area (Å²) in [5.74, 6) is -0.0668. The van der Waals surface area contributed by atoms with E-state index in [-0.39, 0.29) is 24.0 Å². The van der Waals surface area contributed by atoms with Crippen molar-refractivity contribution in [3.8, 4) is 17.2 Å². The van der Waals surface area contributed by atoms with Crippen molar-refractivity contribution in [1.82, 2.24) is 9.78 Å². The zero-order valence-electron chi connectivity index (χ0n) is 17.3. The van der Waals surface area contributed by atoms with Gasteiger partial charge in [0.1, 0.15) is 34.2 Å². The molecule has 1 unspecified atom stereocenters. The fraction of sp³-hybridized carbons (Fsp3) is 0.304. The average Bonchev–Trinajstić information content (AvgIpc) is 3.53. The van der Waals surface area contributed by atoms with Gasteiger partial charge in [-0.1, -0.05) is 12.1 Å². The predicted octanol–water partition coefficient (Wildman–Crippen LogP) is 5.77. The van der Waals surface area contributed by atoms with Gasteiger partial charge in [-0.05, 0) is 58.6 Å². The minimum Gasteiger partial charge on any atom is -0.497 e. The minimum atomic E-state index is -0.810. The summed E-state index contributed by atoms with van der Waals surface area (Å²) in [5, 5.41) is 14.0. The molecular formula is C23H22BrFN2O4S. The van der Waals surface area contributed by atoms with Gasteiger partial charge in [-0.2, -0.15) is 5.10 Å². The van der Waals surface area contributed by atoms with Crippen molar-refractivity contribution in [2.45, 2.75) is 36.4 Å². The quantitative estimate of drug-likeness (QED) is 0.365. The topological polar surface area (TPSA) is 73.6 Å². The van der Waals surface area contributed by atoms with Gasteiger partial charge in [-0.3, -0.25) is 4.79 Å². The molecule has 0 spiro atoms. The van der Waals surface area contributed by atoms with E-state index in [1.54, 1.807) is 30.1 Å². The summed E-state index contributed by atoms with van der Waals surface area (Å²) >= 11 is 5.21. The number of aromatic nitrogens is 2. The van der Waals surface area contributed by atoms with Gasteiger partial charge in [0.2, 0.25) is 0 Å². The van der Waals surface area contributed by atoms with E-state index in [9.17, 15) is 14.3 Å². The van der Waals surface area contributed by atoms with E-state index in [2.05, 4.69) is 21.0 Å². The molecule has 0 aliphatic heterocycles. The maximum Gasteiger partial charge on any atom is 0.304 e. The van der Waals surface area contributed by atoms with Crippen LogP contribution in [-0.2, 0) is 11.4 Å². The molecule has 0 amide bonds. The van der Waals surface area contributed by atoms with Gasteiger partial charge in [0.25, 0.3) is 0 Å². The van der Waals surface area contributed by atoms with Gasteiger partial charge in [-0.15, -0.1) is 11.8 Å². The fourth-order valence-electron chi connectivity index (χ4n) is 3.22. The van der Waals surface area contributed by atoms with Crippen molar-refractivity contribution in [3.05, 3.63) is 70.2 Å². The van der Waals surface area contributed by atoms with Crippen LogP contribution in [0.2, 0.25) is 0 Å². The van der Waals surface area contributed by atoms with Crippen LogP contribution in [0.5, 0.6) is 11.5 Å². The molecule has 168 valence electrons. The molecule has 6 nitrogen and oxygen atoms in total. The maximum absolute atomic E-state index is 14.3. The molecule has 9 heteroatoms. The molecule has 32 heavy (non-hydrogen) atoms. The van der Waals surface area contributed by atoms with Gasteiger partial charge < -0.3 is 14.6 Å². The Labute approximate surface area is 197 Å². The standard InChI is InChI=1S/C23H22BrFN2O4S/c1-30-16-5-8-19(25)20(10-16)27-23(24)15(12-26-27)13-31-17-4-2-3-14(9-17)21(11-22(28)29)32-18-6-7-18/h2-5,8-10,12,18,21H,6-7,11,13H2,1H3,(H,28,29). The summed E-state index contributed by atoms with van der Waals surface area (Å²) in [6.45, 7) is 0.217. The lowest BCUT2D eigenvalue weighted by Gasteiger charge is -2.16. The SMILES string of the molecule is COc1ccc(F)c(-n2ncc(COc3cccc(C(CC(=O)O)SC4CC4)c3)c2Br)c1. The molecule has 1 aliphatic rings. The number of methoxy groups -OCH3 is 1. The van der Waals surface area contributed by atoms with E-state index in [0.29, 0.717) is 21.4 Å². The lowest BCUT2D eigenvalue weighted by molar-refractivity contribution is -0.137. The highest BCUT2D eigenvalue weighted by molar-refractivity contribution is 9.10. The zero-order valence-corrected chi connectivity index (χ0v) is 19.7. The van der Waals surface area contributed by atoms with E-state index in [1.165, 1.54) is 17.9 Å². The van der Waals surface area contributed by atoms with Gasteiger partial charge in [0, 0.05) is 22.1 Å². The Hall–Kier alpha value is -2.52. The molecule has 1 fully saturated rings. The first-order chi connectivity index (χ1) is 15.4. The van der Waals surface area contributed by atoms with Crippen molar-refractivity contribution in [3.63, 3.8) is 0 Å². The number of rotatable bonds is 10. The number of hydrogen-bond acceptors (Lipinski definition) is 5. The number of benzene rings is 2. The second kappa shape index (κ2) is 9.95. The van der Waals surface area contributed by atoms with E-state index in [1.807, 2.05) is 24.3 Å². The highest BCUT2D eigenvalue weighted by atomic mass is 79.9. The Bertz CT molecular complexity index is 1120. The summed E-state index contributed by atoms with van der Waals surface area (Å²) in [6.07, 6.45) is 3.98. The van der Waals surface area contributed by atoms with Crippen LogP contribution in [0.25, 0.3) is 5.69 Å². The number of hydrogen-bond donors (Lipinski definition) is 1. The highest BCUT2D eigenvalue weighted by Crippen LogP contribution is 2.45. The molecule has 1 aliphatic carbocycles. The summed E-state index contributed by atoms with van der Waals surface area (Å²) in [6, 6.07) is 12.0. The van der Waals surface area contributed by atoms with Crippen molar-refractivity contribution >= 4 is 33.7 Å². The summed E-state index contributed by atoms with van der Waals surface area (Å²) in [5.41, 5.74) is 1.94. The van der Waals surface area contributed by atoms with E-state index in [4.69, 9.17) is 9.47 Å². The van der Waals surface area contributed by atoms with Gasteiger partial charge in [-0.25, -0.2) is 9.07 Å². The Morgan fingerprint density at radius 2 is 2.12 bits per heavy atom. The Balaban J connectivity index is 1.49. The predicted molar refractivity (Wildman–Crippen MR) is 124 cm³/mol. The first kappa shape index (κ1) is 22.7. The summed E-state index contributed by atoms with van der Waals surface area (Å²) in [4.78, 5) is 11.3. The monoisotopic (exact) mass is 520 g/mol. The molecule has 0 bridgehead atoms. The maximum atomic E-state index is 14.3. The first-order valence-electron chi connectivity index (χ1n) is 10.1. The third-order valence-corrected chi connectivity index (χ3v) is 7.50. The van der Waals surface area contributed by atoms with Gasteiger partial charge >= 0.3 is 5.97 Å². The second-order valence-electron chi connectivity index (χ2n) is 7.47. The number of aliphatic carboxylic acids is 1. The largest absolute Gasteiger partial charge is 0.497 e. The van der Waals surface area contributed by atoms with Crippen molar-refractivity contribution in [1.29, 1.82) is 0 Å². The van der Waals surface area contributed by atoms with Crippen LogP contribution in [0.15, 0.2) is 53.3 Å². The molecule has 1 N–H and O–H groups in total. The van der Waals surface area contributed by atoms with Crippen LogP contribution in [0.4, 0.5) is 4.39 Å². The number of carboxylic acids is 1. The number of ether oxygens (including phenoxy) is 2. The molecule has 1 atom stereocenters. The van der Waals surface area contributed by atoms with Crippen LogP contribution >= 0.6 is 27.7 Å². The average molecular weight is 521 g/mol. The normalized spacial score (nSPS) is 14.2. The number of halogens is 2. The molecule has 2 aromatic carbocycles. The second-order valence-corrected chi connectivity index (χ2v) is 9.73. The number of carbonyl (C=O) groups is 1. The third-order valence-electron chi connectivity index (χ3n) is 5.03. The fourth-order valence-corrected chi connectivity index (χ4v) is 5.13. The molecule has 3 aromatic rings. The van der Waals surface area contributed by atoms with Crippen molar-refractivity contribution in [2.24, 2.45) is 0 Å². The minimum absolute atomic E-state index is 0.0784. The lowest BCUT2D eigenvalue weighted by atomic mass is 10.1. The zero-order chi connectivity index (χ0) is 22.7. The van der Waals surface area contributed by atoms with Crippen molar-refractivity contribution < 1.29 is 23.8 Å². The first-order valence-corrected chi connectivity index (χ1v) is 11.8. The van der Waals surface area contributed by atoms with Crippen LogP contribution in [0, 0.1) is 5.82 Å². The third kappa shape index (κ3) is 5.45. The van der Waals surface area contributed by atoms with Crippen LogP contribution in [0.1, 0.15) is 35.6 Å².